The van der Waals surface area contributed by atoms with Gasteiger partial charge < -0.3 is 20.5 Å². The van der Waals surface area contributed by atoms with Crippen molar-refractivity contribution in [2.45, 2.75) is 44.7 Å². The smallest absolute Gasteiger partial charge is 0.408 e. The first-order valence-corrected chi connectivity index (χ1v) is 9.85. The third kappa shape index (κ3) is 4.62. The molecule has 0 saturated carbocycles. The fourth-order valence-corrected chi connectivity index (χ4v) is 3.66. The Kier molecular flexibility index (Phi) is 6.10. The summed E-state index contributed by atoms with van der Waals surface area (Å²) < 4.78 is 5.47. The maximum absolute atomic E-state index is 12.4. The van der Waals surface area contributed by atoms with Gasteiger partial charge in [-0.25, -0.2) is 4.79 Å². The van der Waals surface area contributed by atoms with Gasteiger partial charge in [-0.3, -0.25) is 9.59 Å². The van der Waals surface area contributed by atoms with Crippen molar-refractivity contribution >= 4 is 18.0 Å². The molecule has 0 spiro atoms. The topological polar surface area (TPSA) is 105 Å². The molecule has 0 aliphatic heterocycles. The number of hydrogen-bond acceptors (Lipinski definition) is 4. The van der Waals surface area contributed by atoms with Gasteiger partial charge >= 0.3 is 12.1 Å². The Labute approximate surface area is 175 Å². The van der Waals surface area contributed by atoms with Crippen LogP contribution < -0.4 is 10.6 Å². The highest BCUT2D eigenvalue weighted by Crippen LogP contribution is 2.44. The second-order valence-corrected chi connectivity index (χ2v) is 8.05. The van der Waals surface area contributed by atoms with Crippen LogP contribution in [0.2, 0.25) is 0 Å². The van der Waals surface area contributed by atoms with E-state index in [-0.39, 0.29) is 18.9 Å². The maximum atomic E-state index is 12.4. The van der Waals surface area contributed by atoms with Gasteiger partial charge in [0.1, 0.15) is 12.1 Å². The molecule has 0 radical (unpaired) electrons. The Morgan fingerprint density at radius 2 is 1.57 bits per heavy atom. The monoisotopic (exact) mass is 410 g/mol. The fourth-order valence-electron chi connectivity index (χ4n) is 3.66. The number of carboxylic acid groups (broad SMARTS) is 1. The molecule has 1 aliphatic rings. The molecular formula is C23H26N2O5. The van der Waals surface area contributed by atoms with Crippen LogP contribution in [-0.2, 0) is 14.3 Å². The first-order valence-electron chi connectivity index (χ1n) is 9.85. The van der Waals surface area contributed by atoms with Gasteiger partial charge in [-0.05, 0) is 43.0 Å². The second kappa shape index (κ2) is 8.57. The van der Waals surface area contributed by atoms with Crippen LogP contribution in [0.15, 0.2) is 48.5 Å². The summed E-state index contributed by atoms with van der Waals surface area (Å²) in [7, 11) is 0. The van der Waals surface area contributed by atoms with Crippen LogP contribution in [0.4, 0.5) is 4.79 Å². The number of alkyl carbamates (subject to hydrolysis) is 1. The Hall–Kier alpha value is -3.35. The van der Waals surface area contributed by atoms with E-state index in [4.69, 9.17) is 9.84 Å². The Morgan fingerprint density at radius 3 is 2.10 bits per heavy atom. The summed E-state index contributed by atoms with van der Waals surface area (Å²) in [5, 5.41) is 14.0. The zero-order chi connectivity index (χ0) is 21.9. The van der Waals surface area contributed by atoms with Gasteiger partial charge in [0, 0.05) is 12.0 Å². The minimum Gasteiger partial charge on any atom is -0.481 e. The number of fused-ring (bicyclic) bond motifs is 3. The SMILES string of the molecule is C[C@H](CC(=O)O)NC(=O)C(C)(C)NC(=O)OCC1c2ccccc2-c2ccccc21. The summed E-state index contributed by atoms with van der Waals surface area (Å²) in [4.78, 5) is 35.6. The molecule has 0 unspecified atom stereocenters. The molecule has 2 amide bonds. The Balaban J connectivity index is 1.62. The molecule has 7 nitrogen and oxygen atoms in total. The summed E-state index contributed by atoms with van der Waals surface area (Å²) in [6.07, 6.45) is -0.907. The van der Waals surface area contributed by atoms with Crippen LogP contribution in [0, 0.1) is 0 Å². The number of nitrogens with one attached hydrogen (secondary N) is 2. The predicted octanol–water partition coefficient (Wildman–Crippen LogP) is 3.28. The predicted molar refractivity (Wildman–Crippen MR) is 112 cm³/mol. The number of hydrogen-bond donors (Lipinski definition) is 3. The van der Waals surface area contributed by atoms with Gasteiger partial charge in [0.2, 0.25) is 5.91 Å². The van der Waals surface area contributed by atoms with Crippen molar-refractivity contribution in [3.63, 3.8) is 0 Å². The lowest BCUT2D eigenvalue weighted by molar-refractivity contribution is -0.137. The molecule has 2 aromatic rings. The van der Waals surface area contributed by atoms with E-state index in [0.717, 1.165) is 22.3 Å². The van der Waals surface area contributed by atoms with Gasteiger partial charge in [-0.1, -0.05) is 48.5 Å². The van der Waals surface area contributed by atoms with Crippen molar-refractivity contribution in [3.05, 3.63) is 59.7 Å². The van der Waals surface area contributed by atoms with Gasteiger partial charge in [-0.15, -0.1) is 0 Å². The average molecular weight is 410 g/mol. The van der Waals surface area contributed by atoms with Gasteiger partial charge in [0.15, 0.2) is 0 Å². The van der Waals surface area contributed by atoms with Crippen LogP contribution in [0.25, 0.3) is 11.1 Å². The van der Waals surface area contributed by atoms with Gasteiger partial charge in [-0.2, -0.15) is 0 Å². The van der Waals surface area contributed by atoms with Crippen molar-refractivity contribution in [3.8, 4) is 11.1 Å². The molecule has 1 aliphatic carbocycles. The third-order valence-corrected chi connectivity index (χ3v) is 5.18. The minimum atomic E-state index is -1.25. The number of rotatable bonds is 7. The highest BCUT2D eigenvalue weighted by Gasteiger charge is 2.33. The molecule has 30 heavy (non-hydrogen) atoms. The minimum absolute atomic E-state index is 0.0734. The van der Waals surface area contributed by atoms with E-state index < -0.39 is 29.6 Å². The molecule has 158 valence electrons. The van der Waals surface area contributed by atoms with Gasteiger partial charge in [0.05, 0.1) is 6.42 Å². The Morgan fingerprint density at radius 1 is 1.03 bits per heavy atom. The molecule has 3 N–H and O–H groups in total. The summed E-state index contributed by atoms with van der Waals surface area (Å²) in [5.41, 5.74) is 3.22. The number of carbonyl (C=O) groups is 3. The molecule has 0 aromatic heterocycles. The van der Waals surface area contributed by atoms with E-state index in [1.807, 2.05) is 36.4 Å². The lowest BCUT2D eigenvalue weighted by Gasteiger charge is -2.26. The summed E-state index contributed by atoms with van der Waals surface area (Å²) in [5.74, 6) is -1.56. The van der Waals surface area contributed by atoms with E-state index in [9.17, 15) is 14.4 Å². The van der Waals surface area contributed by atoms with E-state index in [2.05, 4.69) is 22.8 Å². The summed E-state index contributed by atoms with van der Waals surface area (Å²) in [6.45, 7) is 4.82. The highest BCUT2D eigenvalue weighted by atomic mass is 16.5. The first kappa shape index (κ1) is 21.4. The van der Waals surface area contributed by atoms with Crippen molar-refractivity contribution in [1.82, 2.24) is 10.6 Å². The normalized spacial score (nSPS) is 13.7. The molecule has 2 aromatic carbocycles. The molecule has 3 rings (SSSR count). The van der Waals surface area contributed by atoms with E-state index in [1.165, 1.54) is 13.8 Å². The zero-order valence-electron chi connectivity index (χ0n) is 17.3. The van der Waals surface area contributed by atoms with Crippen molar-refractivity contribution in [2.24, 2.45) is 0 Å². The molecule has 0 heterocycles. The number of aliphatic carboxylic acids is 1. The third-order valence-electron chi connectivity index (χ3n) is 5.18. The number of benzene rings is 2. The number of ether oxygens (including phenoxy) is 1. The number of carboxylic acids is 1. The van der Waals surface area contributed by atoms with Crippen molar-refractivity contribution < 1.29 is 24.2 Å². The van der Waals surface area contributed by atoms with Crippen LogP contribution >= 0.6 is 0 Å². The molecule has 0 fully saturated rings. The molecule has 1 atom stereocenters. The second-order valence-electron chi connectivity index (χ2n) is 8.05. The van der Waals surface area contributed by atoms with Crippen LogP contribution in [0.1, 0.15) is 44.2 Å². The maximum Gasteiger partial charge on any atom is 0.408 e. The first-order chi connectivity index (χ1) is 14.2. The lowest BCUT2D eigenvalue weighted by Crippen LogP contribution is -2.56. The average Bonchev–Trinajstić information content (AvgIpc) is 2.99. The zero-order valence-corrected chi connectivity index (χ0v) is 17.3. The van der Waals surface area contributed by atoms with E-state index >= 15 is 0 Å². The molecule has 7 heteroatoms. The van der Waals surface area contributed by atoms with Crippen molar-refractivity contribution in [1.29, 1.82) is 0 Å². The van der Waals surface area contributed by atoms with Crippen LogP contribution in [0.3, 0.4) is 0 Å². The van der Waals surface area contributed by atoms with Gasteiger partial charge in [0.25, 0.3) is 0 Å². The Bertz CT molecular complexity index is 924. The van der Waals surface area contributed by atoms with Crippen LogP contribution in [0.5, 0.6) is 0 Å². The van der Waals surface area contributed by atoms with Crippen LogP contribution in [-0.4, -0.2) is 41.3 Å². The lowest BCUT2D eigenvalue weighted by atomic mass is 9.98. The molecule has 0 bridgehead atoms. The quantitative estimate of drug-likeness (QED) is 0.650. The number of carbonyl (C=O) groups excluding carboxylic acids is 2. The number of amides is 2. The van der Waals surface area contributed by atoms with Crippen molar-refractivity contribution in [2.75, 3.05) is 6.61 Å². The van der Waals surface area contributed by atoms with E-state index in [1.54, 1.807) is 6.92 Å². The fraction of sp³-hybridized carbons (Fsp3) is 0.348. The standard InChI is InChI=1S/C23H26N2O5/c1-14(12-20(26)27)24-21(28)23(2,3)25-22(29)30-13-19-17-10-6-4-8-15(17)16-9-5-7-11-18(16)19/h4-11,14,19H,12-13H2,1-3H3,(H,24,28)(H,25,29)(H,26,27)/t14-/m1/s1. The summed E-state index contributed by atoms with van der Waals surface area (Å²) >= 11 is 0. The highest BCUT2D eigenvalue weighted by molar-refractivity contribution is 5.89. The summed E-state index contributed by atoms with van der Waals surface area (Å²) in [6, 6.07) is 15.5. The molecular weight excluding hydrogens is 384 g/mol. The van der Waals surface area contributed by atoms with E-state index in [0.29, 0.717) is 0 Å². The largest absolute Gasteiger partial charge is 0.481 e. The molecule has 0 saturated heterocycles.